The van der Waals surface area contributed by atoms with Crippen molar-refractivity contribution in [2.45, 2.75) is 25.7 Å². The summed E-state index contributed by atoms with van der Waals surface area (Å²) in [6, 6.07) is 8.02. The molecule has 1 aromatic carbocycles. The number of carbonyl (C=O) groups excluding carboxylic acids is 1. The Morgan fingerprint density at radius 2 is 2.12 bits per heavy atom. The van der Waals surface area contributed by atoms with E-state index in [0.29, 0.717) is 18.1 Å². The molecule has 2 nitrogen and oxygen atoms in total. The van der Waals surface area contributed by atoms with Crippen molar-refractivity contribution >= 4 is 21.7 Å². The van der Waals surface area contributed by atoms with Crippen LogP contribution in [0.15, 0.2) is 28.7 Å². The summed E-state index contributed by atoms with van der Waals surface area (Å²) in [6.07, 6.45) is 3.60. The Labute approximate surface area is 111 Å². The first kappa shape index (κ1) is 12.8. The van der Waals surface area contributed by atoms with Gasteiger partial charge in [-0.3, -0.25) is 4.79 Å². The number of hydrogen-bond acceptors (Lipinski definition) is 2. The van der Waals surface area contributed by atoms with Crippen molar-refractivity contribution in [3.63, 3.8) is 0 Å². The molecule has 1 aliphatic heterocycles. The highest BCUT2D eigenvalue weighted by atomic mass is 79.9. The molecule has 1 aliphatic rings. The van der Waals surface area contributed by atoms with Crippen LogP contribution in [0.4, 0.5) is 0 Å². The van der Waals surface area contributed by atoms with Gasteiger partial charge in [0.1, 0.15) is 5.78 Å². The molecule has 1 fully saturated rings. The van der Waals surface area contributed by atoms with Gasteiger partial charge in [0.15, 0.2) is 0 Å². The lowest BCUT2D eigenvalue weighted by molar-refractivity contribution is -0.119. The number of nitrogens with one attached hydrogen (secondary N) is 1. The van der Waals surface area contributed by atoms with Crippen LogP contribution < -0.4 is 5.32 Å². The van der Waals surface area contributed by atoms with E-state index in [1.165, 1.54) is 0 Å². The number of hydrogen-bond donors (Lipinski definition) is 1. The Hall–Kier alpha value is -0.670. The molecule has 1 aromatic rings. The number of carbonyl (C=O) groups is 1. The Bertz CT molecular complexity index is 386. The highest BCUT2D eigenvalue weighted by Gasteiger charge is 2.16. The van der Waals surface area contributed by atoms with Crippen molar-refractivity contribution in [2.75, 3.05) is 13.1 Å². The minimum absolute atomic E-state index is 0.370. The molecule has 1 saturated heterocycles. The van der Waals surface area contributed by atoms with Crippen molar-refractivity contribution in [3.05, 3.63) is 34.3 Å². The summed E-state index contributed by atoms with van der Waals surface area (Å²) in [7, 11) is 0. The largest absolute Gasteiger partial charge is 0.317 e. The van der Waals surface area contributed by atoms with E-state index in [-0.39, 0.29) is 0 Å². The topological polar surface area (TPSA) is 29.1 Å². The van der Waals surface area contributed by atoms with E-state index in [1.807, 2.05) is 24.3 Å². The monoisotopic (exact) mass is 295 g/mol. The van der Waals surface area contributed by atoms with E-state index in [9.17, 15) is 4.79 Å². The van der Waals surface area contributed by atoms with Crippen molar-refractivity contribution in [2.24, 2.45) is 5.92 Å². The van der Waals surface area contributed by atoms with Crippen molar-refractivity contribution < 1.29 is 4.79 Å². The van der Waals surface area contributed by atoms with Crippen LogP contribution in [0.2, 0.25) is 0 Å². The lowest BCUT2D eigenvalue weighted by atomic mass is 9.91. The number of ketones is 1. The summed E-state index contributed by atoms with van der Waals surface area (Å²) in [4.78, 5) is 12.0. The van der Waals surface area contributed by atoms with Crippen LogP contribution in [-0.2, 0) is 11.2 Å². The minimum atomic E-state index is 0.370. The second kappa shape index (κ2) is 6.31. The third kappa shape index (κ3) is 4.25. The predicted molar refractivity (Wildman–Crippen MR) is 73.1 cm³/mol. The van der Waals surface area contributed by atoms with Gasteiger partial charge in [-0.2, -0.15) is 0 Å². The average molecular weight is 296 g/mol. The van der Waals surface area contributed by atoms with E-state index in [1.54, 1.807) is 0 Å². The van der Waals surface area contributed by atoms with Gasteiger partial charge in [-0.1, -0.05) is 28.1 Å². The summed E-state index contributed by atoms with van der Waals surface area (Å²) in [5.74, 6) is 0.964. The second-order valence-electron chi connectivity index (χ2n) is 4.74. The van der Waals surface area contributed by atoms with Crippen molar-refractivity contribution in [1.82, 2.24) is 5.32 Å². The number of halogens is 1. The van der Waals surface area contributed by atoms with Gasteiger partial charge in [-0.25, -0.2) is 0 Å². The van der Waals surface area contributed by atoms with Crippen LogP contribution in [0.3, 0.4) is 0 Å². The number of piperidine rings is 1. The zero-order valence-corrected chi connectivity index (χ0v) is 11.5. The summed E-state index contributed by atoms with van der Waals surface area (Å²) in [6.45, 7) is 2.13. The average Bonchev–Trinajstić information content (AvgIpc) is 2.30. The molecule has 0 aliphatic carbocycles. The standard InChI is InChI=1S/C14H18BrNO/c15-13-3-1-2-12(8-13)10-14(17)9-11-4-6-16-7-5-11/h1-3,8,11,16H,4-7,9-10H2. The Morgan fingerprint density at radius 1 is 1.35 bits per heavy atom. The third-order valence-electron chi connectivity index (χ3n) is 3.27. The maximum absolute atomic E-state index is 12.0. The molecule has 3 heteroatoms. The third-order valence-corrected chi connectivity index (χ3v) is 3.76. The lowest BCUT2D eigenvalue weighted by Gasteiger charge is -2.21. The molecule has 0 aromatic heterocycles. The fraction of sp³-hybridized carbons (Fsp3) is 0.500. The minimum Gasteiger partial charge on any atom is -0.317 e. The van der Waals surface area contributed by atoms with Gasteiger partial charge < -0.3 is 5.32 Å². The van der Waals surface area contributed by atoms with Gasteiger partial charge >= 0.3 is 0 Å². The van der Waals surface area contributed by atoms with Gasteiger partial charge in [0.2, 0.25) is 0 Å². The summed E-state index contributed by atoms with van der Waals surface area (Å²) >= 11 is 3.43. The molecule has 0 saturated carbocycles. The molecule has 0 radical (unpaired) electrons. The summed E-state index contributed by atoms with van der Waals surface area (Å²) < 4.78 is 1.05. The molecule has 1 heterocycles. The van der Waals surface area contributed by atoms with Crippen LogP contribution in [0.5, 0.6) is 0 Å². The van der Waals surface area contributed by atoms with Crippen LogP contribution in [0.1, 0.15) is 24.8 Å². The maximum Gasteiger partial charge on any atom is 0.137 e. The Kier molecular flexibility index (Phi) is 4.75. The SMILES string of the molecule is O=C(Cc1cccc(Br)c1)CC1CCNCC1. The van der Waals surface area contributed by atoms with Crippen LogP contribution in [0.25, 0.3) is 0 Å². The molecular formula is C14H18BrNO. The molecule has 1 N–H and O–H groups in total. The van der Waals surface area contributed by atoms with Crippen LogP contribution in [0, 0.1) is 5.92 Å². The maximum atomic E-state index is 12.0. The Balaban J connectivity index is 1.84. The quantitative estimate of drug-likeness (QED) is 0.925. The van der Waals surface area contributed by atoms with Crippen LogP contribution in [-0.4, -0.2) is 18.9 Å². The first-order valence-corrected chi connectivity index (χ1v) is 7.00. The summed E-state index contributed by atoms with van der Waals surface area (Å²) in [5.41, 5.74) is 1.11. The Morgan fingerprint density at radius 3 is 2.82 bits per heavy atom. The van der Waals surface area contributed by atoms with E-state index in [2.05, 4.69) is 21.2 Å². The number of benzene rings is 1. The first-order valence-electron chi connectivity index (χ1n) is 6.21. The smallest absolute Gasteiger partial charge is 0.137 e. The van der Waals surface area contributed by atoms with E-state index in [0.717, 1.165) is 42.4 Å². The van der Waals surface area contributed by atoms with E-state index < -0.39 is 0 Å². The zero-order valence-electron chi connectivity index (χ0n) is 9.92. The van der Waals surface area contributed by atoms with E-state index in [4.69, 9.17) is 0 Å². The molecule has 92 valence electrons. The molecule has 0 bridgehead atoms. The molecule has 0 spiro atoms. The zero-order chi connectivity index (χ0) is 12.1. The molecule has 0 atom stereocenters. The van der Waals surface area contributed by atoms with Crippen molar-refractivity contribution in [3.8, 4) is 0 Å². The van der Waals surface area contributed by atoms with Crippen LogP contribution >= 0.6 is 15.9 Å². The normalized spacial score (nSPS) is 17.0. The first-order chi connectivity index (χ1) is 8.24. The highest BCUT2D eigenvalue weighted by molar-refractivity contribution is 9.10. The summed E-state index contributed by atoms with van der Waals surface area (Å²) in [5, 5.41) is 3.33. The molecule has 0 amide bonds. The van der Waals surface area contributed by atoms with Gasteiger partial charge in [0.05, 0.1) is 0 Å². The molecular weight excluding hydrogens is 278 g/mol. The molecule has 0 unspecified atom stereocenters. The number of rotatable bonds is 4. The lowest BCUT2D eigenvalue weighted by Crippen LogP contribution is -2.29. The molecule has 17 heavy (non-hydrogen) atoms. The predicted octanol–water partition coefficient (Wildman–Crippen LogP) is 2.95. The second-order valence-corrected chi connectivity index (χ2v) is 5.66. The van der Waals surface area contributed by atoms with Crippen molar-refractivity contribution in [1.29, 1.82) is 0 Å². The van der Waals surface area contributed by atoms with Gasteiger partial charge in [-0.15, -0.1) is 0 Å². The fourth-order valence-electron chi connectivity index (χ4n) is 2.35. The van der Waals surface area contributed by atoms with E-state index >= 15 is 0 Å². The highest BCUT2D eigenvalue weighted by Crippen LogP contribution is 2.18. The number of Topliss-reactive ketones (excluding diaryl/α,β-unsaturated/α-hetero) is 1. The van der Waals surface area contributed by atoms with Gasteiger partial charge in [0, 0.05) is 17.3 Å². The van der Waals surface area contributed by atoms with Gasteiger partial charge in [0.25, 0.3) is 0 Å². The molecule has 2 rings (SSSR count). The van der Waals surface area contributed by atoms with Gasteiger partial charge in [-0.05, 0) is 49.5 Å². The fourth-order valence-corrected chi connectivity index (χ4v) is 2.80.